The first kappa shape index (κ1) is 9.59. The van der Waals surface area contributed by atoms with Gasteiger partial charge in [-0.1, -0.05) is 18.2 Å². The van der Waals surface area contributed by atoms with E-state index >= 15 is 0 Å². The highest BCUT2D eigenvalue weighted by molar-refractivity contribution is 6.29. The molecule has 0 aromatic rings. The standard InChI is InChI=1S/C9H13ClO2/c1-6(10)7-2-4-8(5-3-7)9(11)12/h7-8H,1-5H2,(H,11,12). The van der Waals surface area contributed by atoms with Gasteiger partial charge in [-0.15, -0.1) is 0 Å². The van der Waals surface area contributed by atoms with Crippen LogP contribution in [0.2, 0.25) is 0 Å². The highest BCUT2D eigenvalue weighted by atomic mass is 35.5. The van der Waals surface area contributed by atoms with Gasteiger partial charge < -0.3 is 5.11 Å². The number of halogens is 1. The fourth-order valence-electron chi connectivity index (χ4n) is 1.65. The van der Waals surface area contributed by atoms with E-state index < -0.39 is 5.97 Å². The van der Waals surface area contributed by atoms with E-state index in [4.69, 9.17) is 16.7 Å². The van der Waals surface area contributed by atoms with E-state index in [1.54, 1.807) is 0 Å². The molecule has 0 aromatic carbocycles. The van der Waals surface area contributed by atoms with Crippen molar-refractivity contribution in [3.8, 4) is 0 Å². The fourth-order valence-corrected chi connectivity index (χ4v) is 1.87. The summed E-state index contributed by atoms with van der Waals surface area (Å²) >= 11 is 5.74. The average Bonchev–Trinajstić information content (AvgIpc) is 2.04. The lowest BCUT2D eigenvalue weighted by Crippen LogP contribution is -2.21. The Morgan fingerprint density at radius 1 is 1.25 bits per heavy atom. The zero-order chi connectivity index (χ0) is 9.14. The molecule has 0 saturated heterocycles. The molecule has 0 aliphatic heterocycles. The van der Waals surface area contributed by atoms with Gasteiger partial charge in [-0.05, 0) is 31.6 Å². The van der Waals surface area contributed by atoms with Gasteiger partial charge in [0.15, 0.2) is 0 Å². The van der Waals surface area contributed by atoms with Crippen molar-refractivity contribution in [3.63, 3.8) is 0 Å². The molecule has 1 aliphatic carbocycles. The first-order valence-corrected chi connectivity index (χ1v) is 4.56. The normalized spacial score (nSPS) is 29.8. The topological polar surface area (TPSA) is 37.3 Å². The maximum absolute atomic E-state index is 10.6. The molecule has 0 aromatic heterocycles. The summed E-state index contributed by atoms with van der Waals surface area (Å²) in [6.07, 6.45) is 3.23. The molecule has 0 amide bonds. The van der Waals surface area contributed by atoms with Crippen molar-refractivity contribution in [1.29, 1.82) is 0 Å². The molecule has 1 fully saturated rings. The van der Waals surface area contributed by atoms with E-state index in [1.807, 2.05) is 0 Å². The molecule has 0 heterocycles. The molecule has 1 rings (SSSR count). The molecule has 0 radical (unpaired) electrons. The molecular weight excluding hydrogens is 176 g/mol. The minimum Gasteiger partial charge on any atom is -0.481 e. The second-order valence-electron chi connectivity index (χ2n) is 3.33. The Labute approximate surface area is 77.2 Å². The third-order valence-electron chi connectivity index (χ3n) is 2.52. The molecule has 0 bridgehead atoms. The van der Waals surface area contributed by atoms with Gasteiger partial charge in [0.25, 0.3) is 0 Å². The molecule has 0 spiro atoms. The highest BCUT2D eigenvalue weighted by Gasteiger charge is 2.26. The summed E-state index contributed by atoms with van der Waals surface area (Å²) in [6.45, 7) is 3.67. The van der Waals surface area contributed by atoms with Crippen LogP contribution in [0.3, 0.4) is 0 Å². The van der Waals surface area contributed by atoms with Gasteiger partial charge in [-0.3, -0.25) is 4.79 Å². The Hall–Kier alpha value is -0.500. The lowest BCUT2D eigenvalue weighted by atomic mass is 9.82. The van der Waals surface area contributed by atoms with Crippen LogP contribution >= 0.6 is 11.6 Å². The Morgan fingerprint density at radius 2 is 1.67 bits per heavy atom. The smallest absolute Gasteiger partial charge is 0.306 e. The van der Waals surface area contributed by atoms with E-state index in [0.717, 1.165) is 25.7 Å². The van der Waals surface area contributed by atoms with Gasteiger partial charge in [-0.2, -0.15) is 0 Å². The molecule has 2 nitrogen and oxygen atoms in total. The Bertz CT molecular complexity index is 171. The highest BCUT2D eigenvalue weighted by Crippen LogP contribution is 2.33. The summed E-state index contributed by atoms with van der Waals surface area (Å²) in [6, 6.07) is 0. The van der Waals surface area contributed by atoms with Crippen LogP contribution in [0.5, 0.6) is 0 Å². The molecule has 1 aliphatic rings. The fraction of sp³-hybridized carbons (Fsp3) is 0.667. The Kier molecular flexibility index (Phi) is 3.15. The van der Waals surface area contributed by atoms with Crippen LogP contribution in [0.4, 0.5) is 0 Å². The Morgan fingerprint density at radius 3 is 2.00 bits per heavy atom. The minimum absolute atomic E-state index is 0.155. The van der Waals surface area contributed by atoms with Crippen molar-refractivity contribution in [2.24, 2.45) is 11.8 Å². The quantitative estimate of drug-likeness (QED) is 0.724. The zero-order valence-electron chi connectivity index (χ0n) is 6.92. The summed E-state index contributed by atoms with van der Waals surface area (Å²) in [5.74, 6) is -0.492. The monoisotopic (exact) mass is 188 g/mol. The third kappa shape index (κ3) is 2.24. The number of allylic oxidation sites excluding steroid dienone is 1. The first-order chi connectivity index (χ1) is 5.61. The van der Waals surface area contributed by atoms with Crippen molar-refractivity contribution in [1.82, 2.24) is 0 Å². The predicted octanol–water partition coefficient (Wildman–Crippen LogP) is 2.63. The van der Waals surface area contributed by atoms with Crippen molar-refractivity contribution < 1.29 is 9.90 Å². The van der Waals surface area contributed by atoms with Crippen molar-refractivity contribution in [3.05, 3.63) is 11.6 Å². The maximum atomic E-state index is 10.6. The second kappa shape index (κ2) is 3.94. The van der Waals surface area contributed by atoms with Crippen LogP contribution in [0, 0.1) is 11.8 Å². The number of aliphatic carboxylic acids is 1. The molecule has 0 unspecified atom stereocenters. The molecule has 3 heteroatoms. The number of hydrogen-bond acceptors (Lipinski definition) is 1. The molecule has 12 heavy (non-hydrogen) atoms. The van der Waals surface area contributed by atoms with Crippen LogP contribution in [-0.4, -0.2) is 11.1 Å². The van der Waals surface area contributed by atoms with Gasteiger partial charge in [0.2, 0.25) is 0 Å². The maximum Gasteiger partial charge on any atom is 0.306 e. The average molecular weight is 189 g/mol. The summed E-state index contributed by atoms with van der Waals surface area (Å²) in [5, 5.41) is 9.39. The SMILES string of the molecule is C=C(Cl)C1CCC(C(=O)O)CC1. The lowest BCUT2D eigenvalue weighted by Gasteiger charge is -2.25. The van der Waals surface area contributed by atoms with Gasteiger partial charge in [0, 0.05) is 5.03 Å². The summed E-state index contributed by atoms with van der Waals surface area (Å²) < 4.78 is 0. The van der Waals surface area contributed by atoms with E-state index in [1.165, 1.54) is 0 Å². The van der Waals surface area contributed by atoms with Crippen molar-refractivity contribution in [2.45, 2.75) is 25.7 Å². The zero-order valence-corrected chi connectivity index (χ0v) is 7.68. The molecular formula is C9H13ClO2. The van der Waals surface area contributed by atoms with Gasteiger partial charge >= 0.3 is 5.97 Å². The number of rotatable bonds is 2. The summed E-state index contributed by atoms with van der Waals surface area (Å²) in [5.41, 5.74) is 0. The van der Waals surface area contributed by atoms with Crippen LogP contribution in [-0.2, 0) is 4.79 Å². The van der Waals surface area contributed by atoms with Crippen LogP contribution in [0.1, 0.15) is 25.7 Å². The van der Waals surface area contributed by atoms with Crippen LogP contribution in [0.15, 0.2) is 11.6 Å². The Balaban J connectivity index is 2.39. The summed E-state index contributed by atoms with van der Waals surface area (Å²) in [4.78, 5) is 10.6. The summed E-state index contributed by atoms with van der Waals surface area (Å²) in [7, 11) is 0. The predicted molar refractivity (Wildman–Crippen MR) is 48.1 cm³/mol. The molecule has 0 atom stereocenters. The molecule has 1 saturated carbocycles. The van der Waals surface area contributed by atoms with E-state index in [0.29, 0.717) is 11.0 Å². The second-order valence-corrected chi connectivity index (χ2v) is 3.82. The van der Waals surface area contributed by atoms with E-state index in [-0.39, 0.29) is 5.92 Å². The molecule has 68 valence electrons. The van der Waals surface area contributed by atoms with Crippen molar-refractivity contribution in [2.75, 3.05) is 0 Å². The van der Waals surface area contributed by atoms with Gasteiger partial charge in [0.05, 0.1) is 5.92 Å². The van der Waals surface area contributed by atoms with Crippen LogP contribution < -0.4 is 0 Å². The first-order valence-electron chi connectivity index (χ1n) is 4.18. The number of hydrogen-bond donors (Lipinski definition) is 1. The molecule has 1 N–H and O–H groups in total. The largest absolute Gasteiger partial charge is 0.481 e. The van der Waals surface area contributed by atoms with E-state index in [9.17, 15) is 4.79 Å². The lowest BCUT2D eigenvalue weighted by molar-refractivity contribution is -0.142. The number of carbonyl (C=O) groups is 1. The van der Waals surface area contributed by atoms with Crippen molar-refractivity contribution >= 4 is 17.6 Å². The van der Waals surface area contributed by atoms with Gasteiger partial charge in [0.1, 0.15) is 0 Å². The minimum atomic E-state index is -0.673. The number of carboxylic acids is 1. The van der Waals surface area contributed by atoms with Crippen LogP contribution in [0.25, 0.3) is 0 Å². The number of carboxylic acid groups (broad SMARTS) is 1. The van der Waals surface area contributed by atoms with E-state index in [2.05, 4.69) is 6.58 Å². The third-order valence-corrected chi connectivity index (χ3v) is 2.83. The van der Waals surface area contributed by atoms with Gasteiger partial charge in [-0.25, -0.2) is 0 Å².